The van der Waals surface area contributed by atoms with Crippen LogP contribution in [-0.2, 0) is 18.3 Å². The Morgan fingerprint density at radius 2 is 2.03 bits per heavy atom. The number of amides is 1. The Kier molecular flexibility index (Phi) is 6.02. The van der Waals surface area contributed by atoms with Gasteiger partial charge in [-0.2, -0.15) is 0 Å². The van der Waals surface area contributed by atoms with Crippen LogP contribution < -0.4 is 45.1 Å². The molecule has 2 aromatic rings. The fourth-order valence-corrected chi connectivity index (χ4v) is 5.75. The number of imidazole rings is 1. The predicted octanol–water partition coefficient (Wildman–Crippen LogP) is -2.46. The summed E-state index contributed by atoms with van der Waals surface area (Å²) in [6.45, 7) is -0.276. The third-order valence-electron chi connectivity index (χ3n) is 5.71. The molecule has 15 heteroatoms. The molecule has 33 heavy (non-hydrogen) atoms. The minimum atomic E-state index is -4.51. The van der Waals surface area contributed by atoms with E-state index in [0.29, 0.717) is 5.82 Å². The van der Waals surface area contributed by atoms with Crippen LogP contribution in [-0.4, -0.2) is 56.7 Å². The molecule has 0 bridgehead atoms. The van der Waals surface area contributed by atoms with E-state index in [1.54, 1.807) is 6.20 Å². The number of halogens is 1. The zero-order chi connectivity index (χ0) is 22.2. The van der Waals surface area contributed by atoms with Gasteiger partial charge in [0.2, 0.25) is 0 Å². The molecule has 1 aromatic carbocycles. The van der Waals surface area contributed by atoms with Gasteiger partial charge in [-0.3, -0.25) is 18.8 Å². The Morgan fingerprint density at radius 1 is 1.27 bits per heavy atom. The summed E-state index contributed by atoms with van der Waals surface area (Å²) in [5, 5.41) is 17.2. The van der Waals surface area contributed by atoms with E-state index in [2.05, 4.69) is 36.1 Å². The van der Waals surface area contributed by atoms with E-state index in [4.69, 9.17) is 9.26 Å². The molecule has 4 aliphatic heterocycles. The van der Waals surface area contributed by atoms with Crippen molar-refractivity contribution in [1.29, 1.82) is 0 Å². The van der Waals surface area contributed by atoms with Gasteiger partial charge in [0, 0.05) is 6.20 Å². The molecule has 1 aromatic heterocycles. The van der Waals surface area contributed by atoms with Crippen molar-refractivity contribution in [2.75, 3.05) is 11.9 Å². The number of fused-ring (bicyclic) bond motifs is 3. The number of aliphatic hydroxyl groups excluding tert-OH is 1. The third-order valence-corrected chi connectivity index (χ3v) is 7.24. The number of carbonyl (C=O) groups is 1. The molecule has 2 unspecified atom stereocenters. The van der Waals surface area contributed by atoms with E-state index in [-0.39, 0.29) is 52.5 Å². The molecular weight excluding hydrogens is 532 g/mol. The number of aromatic nitrogens is 2. The summed E-state index contributed by atoms with van der Waals surface area (Å²) in [5.41, 5.74) is 1.79. The fraction of sp³-hybridized carbons (Fsp3) is 0.333. The number of nitrogens with one attached hydrogen (secondary N) is 2. The first-order valence-corrected chi connectivity index (χ1v) is 12.0. The molecule has 168 valence electrons. The van der Waals surface area contributed by atoms with Crippen molar-refractivity contribution in [1.82, 2.24) is 19.8 Å². The second kappa shape index (κ2) is 8.45. The van der Waals surface area contributed by atoms with Crippen molar-refractivity contribution in [3.8, 4) is 0 Å². The topological polar surface area (TPSA) is 150 Å². The molecule has 12 nitrogen and oxygen atoms in total. The number of phosphoric acid groups is 1. The van der Waals surface area contributed by atoms with Gasteiger partial charge in [-0.1, -0.05) is 30.3 Å². The number of nitrogens with zero attached hydrogens (tertiary/aromatic N) is 3. The molecule has 6 rings (SSSR count). The van der Waals surface area contributed by atoms with Crippen LogP contribution >= 0.6 is 23.8 Å². The third kappa shape index (κ3) is 3.80. The first kappa shape index (κ1) is 23.5. The normalized spacial score (nSPS) is 34.4. The quantitative estimate of drug-likeness (QED) is 0.273. The molecule has 1 amide bonds. The molecule has 0 radical (unpaired) electrons. The maximum absolute atomic E-state index is 13.2. The standard InChI is InChI=1S/C18H17BrN5O7P.Na/c19-17-21-11-14(24(17)16-12(25)13-10(30-16)7-29-32(27,28)31-13)22-18-20-9(6-23(18)15(11)26)8-4-2-1-3-5-8;/h1-6,10,12-13,16,18,20,22,25H,7H2,(H,27,28);/q;+1/p-1/t10-,12-,13-,16-,18?;/m1./s1. The van der Waals surface area contributed by atoms with Gasteiger partial charge in [-0.05, 0) is 21.5 Å². The number of rotatable bonds is 2. The van der Waals surface area contributed by atoms with Crippen molar-refractivity contribution in [3.05, 3.63) is 52.5 Å². The number of benzene rings is 1. The number of anilines is 1. The summed E-state index contributed by atoms with van der Waals surface area (Å²) in [5.74, 6) is -0.0394. The SMILES string of the molecule is O=C1c2nc(Br)n([C@@H]3O[C@@H]4COP(=O)([O-])O[C@H]4[C@H]3O)c2NC2NC(c3ccccc3)=CN12.[Na+]. The summed E-state index contributed by atoms with van der Waals surface area (Å²) in [4.78, 5) is 30.6. The smallest absolute Gasteiger partial charge is 0.756 e. The molecule has 2 saturated heterocycles. The number of ether oxygens (including phenoxy) is 1. The molecule has 5 heterocycles. The zero-order valence-corrected chi connectivity index (χ0v) is 21.6. The van der Waals surface area contributed by atoms with Gasteiger partial charge in [0.1, 0.15) is 24.1 Å². The molecule has 0 saturated carbocycles. The fourth-order valence-electron chi connectivity index (χ4n) is 4.24. The molecule has 3 N–H and O–H groups in total. The second-order valence-corrected chi connectivity index (χ2v) is 9.70. The van der Waals surface area contributed by atoms with Crippen LogP contribution in [0.3, 0.4) is 0 Å². The molecular formula is C18H16BrN5NaO7P. The minimum Gasteiger partial charge on any atom is -0.756 e. The van der Waals surface area contributed by atoms with Gasteiger partial charge in [0.05, 0.1) is 12.3 Å². The van der Waals surface area contributed by atoms with Crippen molar-refractivity contribution >= 4 is 41.2 Å². The van der Waals surface area contributed by atoms with E-state index in [1.807, 2.05) is 30.3 Å². The largest absolute Gasteiger partial charge is 1.00 e. The van der Waals surface area contributed by atoms with Crippen molar-refractivity contribution in [2.24, 2.45) is 0 Å². The summed E-state index contributed by atoms with van der Waals surface area (Å²) >= 11 is 3.32. The summed E-state index contributed by atoms with van der Waals surface area (Å²) in [6.07, 6.45) is -3.22. The van der Waals surface area contributed by atoms with Crippen LogP contribution in [0, 0.1) is 0 Å². The Labute approximate surface area is 217 Å². The molecule has 2 fully saturated rings. The van der Waals surface area contributed by atoms with E-state index in [0.717, 1.165) is 11.3 Å². The van der Waals surface area contributed by atoms with Crippen LogP contribution in [0.4, 0.5) is 5.82 Å². The van der Waals surface area contributed by atoms with Gasteiger partial charge in [-0.15, -0.1) is 0 Å². The van der Waals surface area contributed by atoms with Gasteiger partial charge in [-0.25, -0.2) is 4.98 Å². The predicted molar refractivity (Wildman–Crippen MR) is 109 cm³/mol. The van der Waals surface area contributed by atoms with Crippen LogP contribution in [0.5, 0.6) is 0 Å². The maximum atomic E-state index is 13.2. The number of aliphatic hydroxyl groups is 1. The first-order valence-electron chi connectivity index (χ1n) is 9.70. The molecule has 0 spiro atoms. The summed E-state index contributed by atoms with van der Waals surface area (Å²) in [7, 11) is -4.51. The van der Waals surface area contributed by atoms with E-state index >= 15 is 0 Å². The van der Waals surface area contributed by atoms with Gasteiger partial charge in [0.15, 0.2) is 22.9 Å². The van der Waals surface area contributed by atoms with Crippen molar-refractivity contribution in [3.63, 3.8) is 0 Å². The number of hydrogen-bond acceptors (Lipinski definition) is 10. The average molecular weight is 548 g/mol. The molecule has 4 aliphatic rings. The van der Waals surface area contributed by atoms with Crippen molar-refractivity contribution < 1.29 is 62.7 Å². The number of carbonyl (C=O) groups excluding carboxylic acids is 1. The second-order valence-electron chi connectivity index (χ2n) is 7.63. The van der Waals surface area contributed by atoms with Crippen LogP contribution in [0.15, 0.2) is 41.3 Å². The van der Waals surface area contributed by atoms with Gasteiger partial charge >= 0.3 is 29.6 Å². The Balaban J connectivity index is 0.00000228. The van der Waals surface area contributed by atoms with Crippen LogP contribution in [0.1, 0.15) is 22.3 Å². The monoisotopic (exact) mass is 547 g/mol. The summed E-state index contributed by atoms with van der Waals surface area (Å²) in [6, 6.07) is 9.55. The van der Waals surface area contributed by atoms with E-state index in [9.17, 15) is 19.4 Å². The molecule has 6 atom stereocenters. The minimum absolute atomic E-state index is 0. The first-order chi connectivity index (χ1) is 15.3. The van der Waals surface area contributed by atoms with E-state index in [1.165, 1.54) is 9.47 Å². The van der Waals surface area contributed by atoms with Crippen LogP contribution in [0.2, 0.25) is 0 Å². The van der Waals surface area contributed by atoms with Crippen LogP contribution in [0.25, 0.3) is 5.70 Å². The number of hydrogen-bond donors (Lipinski definition) is 3. The maximum Gasteiger partial charge on any atom is 1.00 e. The van der Waals surface area contributed by atoms with Gasteiger partial charge < -0.3 is 34.4 Å². The summed E-state index contributed by atoms with van der Waals surface area (Å²) < 4.78 is 28.8. The zero-order valence-electron chi connectivity index (χ0n) is 17.1. The van der Waals surface area contributed by atoms with Crippen molar-refractivity contribution in [2.45, 2.75) is 30.8 Å². The molecule has 0 aliphatic carbocycles. The Hall–Kier alpha value is -1.25. The van der Waals surface area contributed by atoms with Gasteiger partial charge in [0.25, 0.3) is 13.7 Å². The number of phosphoric ester groups is 1. The Bertz CT molecular complexity index is 1200. The van der Waals surface area contributed by atoms with E-state index < -0.39 is 38.7 Å². The Morgan fingerprint density at radius 3 is 2.79 bits per heavy atom. The average Bonchev–Trinajstić information content (AvgIpc) is 3.43.